The third-order valence-corrected chi connectivity index (χ3v) is 19.8. The Balaban J connectivity index is 1.33. The molecule has 0 aromatic carbocycles. The second-order valence-corrected chi connectivity index (χ2v) is 29.0. The Kier molecular flexibility index (Phi) is 39.6. The van der Waals surface area contributed by atoms with E-state index in [9.17, 15) is 57.9 Å². The number of methoxy groups -OCH3 is 1. The zero-order chi connectivity index (χ0) is 70.4. The monoisotopic (exact) mass is 1410 g/mol. The minimum Gasteiger partial charge on any atom is -0.396 e. The van der Waals surface area contributed by atoms with Crippen LogP contribution in [0.25, 0.3) is 11.2 Å². The molecule has 31 nitrogen and oxygen atoms in total. The van der Waals surface area contributed by atoms with Crippen LogP contribution in [0.4, 0.5) is 5.82 Å². The predicted molar refractivity (Wildman–Crippen MR) is 353 cm³/mol. The van der Waals surface area contributed by atoms with Crippen LogP contribution in [-0.2, 0) is 75.4 Å². The van der Waals surface area contributed by atoms with Crippen molar-refractivity contribution in [3.8, 4) is 0 Å². The molecule has 12 N–H and O–H groups in total. The summed E-state index contributed by atoms with van der Waals surface area (Å²) in [5.74, 6) is -0.671. The zero-order valence-electron chi connectivity index (χ0n) is 56.5. The van der Waals surface area contributed by atoms with E-state index in [0.717, 1.165) is 0 Å². The van der Waals surface area contributed by atoms with Crippen molar-refractivity contribution in [1.82, 2.24) is 35.1 Å². The van der Waals surface area contributed by atoms with E-state index < -0.39 is 70.4 Å². The fourth-order valence-corrected chi connectivity index (χ4v) is 12.7. The standard InChI is InChI=1S/C63H109N9O22P2/c1-62(2,87-3)95(83,84)91-41-54-53(38-58(93-54)72-46-69-59-60(65)67-45-68-61(59)72)94-96(85,86)92-40-47-37-52(79)39-71(47)57(82)26-10-5-4-9-25-56(81)70-63(43-89-35-28-51(78)21-11-15-30-64,42-88-34-27-50(77)20-8-6-7-19-48(75)23-13-17-32-73)44-90-36-29-55(80)66-31-16-12-22-49(76)24-14-18-33-74/h45-47,52-54,58,73-74,79,85-86H,4-44,64H2,1-3H3,(H4-,65,66,67,68,70,80,81,83,84)/p+1/t47-,52+,53-,54+,58+,63?/m0/s1. The van der Waals surface area contributed by atoms with E-state index in [1.54, 1.807) is 0 Å². The molecule has 4 heterocycles. The first kappa shape index (κ1) is 83.9. The second kappa shape index (κ2) is 45.3. The number of anilines is 1. The fourth-order valence-electron chi connectivity index (χ4n) is 10.8. The maximum Gasteiger partial charge on any atom is 0.570 e. The summed E-state index contributed by atoms with van der Waals surface area (Å²) in [4.78, 5) is 137. The number of likely N-dealkylation sites (tertiary alicyclic amines) is 1. The quantitative estimate of drug-likeness (QED) is 0.0317. The van der Waals surface area contributed by atoms with Gasteiger partial charge in [-0.3, -0.25) is 42.7 Å². The summed E-state index contributed by atoms with van der Waals surface area (Å²) >= 11 is 0. The number of carbonyl (C=O) groups excluding carboxylic acids is 7. The van der Waals surface area contributed by atoms with Gasteiger partial charge in [0.2, 0.25) is 17.7 Å². The number of nitrogen functional groups attached to an aromatic ring is 1. The molecule has 548 valence electrons. The number of Topliss-reactive ketones (excluding diaryl/α,β-unsaturated/α-hetero) is 4. The van der Waals surface area contributed by atoms with E-state index in [1.165, 1.54) is 43.1 Å². The second-order valence-electron chi connectivity index (χ2n) is 25.2. The molecule has 0 radical (unpaired) electrons. The summed E-state index contributed by atoms with van der Waals surface area (Å²) in [5.41, 5.74) is 10.9. The topological polar surface area (TPSA) is 455 Å². The summed E-state index contributed by atoms with van der Waals surface area (Å²) in [5, 5.41) is 32.9. The van der Waals surface area contributed by atoms with Gasteiger partial charge >= 0.3 is 15.8 Å². The van der Waals surface area contributed by atoms with E-state index in [2.05, 4.69) is 25.6 Å². The van der Waals surface area contributed by atoms with Gasteiger partial charge in [0.1, 0.15) is 65.6 Å². The number of carbonyl (C=O) groups is 7. The van der Waals surface area contributed by atoms with Crippen molar-refractivity contribution in [1.29, 1.82) is 0 Å². The molecule has 0 saturated carbocycles. The van der Waals surface area contributed by atoms with Gasteiger partial charge in [0, 0.05) is 110 Å². The van der Waals surface area contributed by atoms with Crippen LogP contribution in [0.2, 0.25) is 0 Å². The summed E-state index contributed by atoms with van der Waals surface area (Å²) in [7, 11) is -7.95. The Bertz CT molecular complexity index is 2660. The highest BCUT2D eigenvalue weighted by Crippen LogP contribution is 2.58. The summed E-state index contributed by atoms with van der Waals surface area (Å²) in [6.07, 6.45) is 9.83. The number of hydrogen-bond donors (Lipinski definition) is 10. The number of nitrogens with zero attached hydrogens (tertiary/aromatic N) is 5. The molecule has 2 aromatic heterocycles. The van der Waals surface area contributed by atoms with Crippen LogP contribution >= 0.6 is 15.8 Å². The number of amides is 3. The zero-order valence-corrected chi connectivity index (χ0v) is 58.3. The van der Waals surface area contributed by atoms with E-state index >= 15 is 0 Å². The van der Waals surface area contributed by atoms with E-state index in [0.29, 0.717) is 154 Å². The predicted octanol–water partition coefficient (Wildman–Crippen LogP) is 4.69. The van der Waals surface area contributed by atoms with Gasteiger partial charge in [0.25, 0.3) is 0 Å². The van der Waals surface area contributed by atoms with E-state index in [-0.39, 0.29) is 157 Å². The minimum atomic E-state index is -4.74. The molecular formula is C63H110N9O22P2+. The average molecular weight is 1410 g/mol. The van der Waals surface area contributed by atoms with E-state index in [1.807, 2.05) is 0 Å². The number of aromatic nitrogens is 4. The average Bonchev–Trinajstić information content (AvgIpc) is 1.62. The van der Waals surface area contributed by atoms with Crippen molar-refractivity contribution in [2.45, 2.75) is 235 Å². The van der Waals surface area contributed by atoms with Gasteiger partial charge in [0.05, 0.1) is 64.7 Å². The Morgan fingerprint density at radius 2 is 1.22 bits per heavy atom. The lowest BCUT2D eigenvalue weighted by Crippen LogP contribution is -2.58. The van der Waals surface area contributed by atoms with Gasteiger partial charge in [-0.05, 0) is 104 Å². The highest BCUT2D eigenvalue weighted by atomic mass is 31.2. The molecule has 33 heteroatoms. The number of β-amino-alcohol motifs (C(OH)–C–C–N with tert-alkyl or cyclic N) is 1. The highest BCUT2D eigenvalue weighted by Gasteiger charge is 2.52. The smallest absolute Gasteiger partial charge is 0.396 e. The number of ether oxygens (including phenoxy) is 5. The van der Waals surface area contributed by atoms with Gasteiger partial charge < -0.3 is 75.4 Å². The van der Waals surface area contributed by atoms with Crippen LogP contribution in [-0.4, -0.2) is 223 Å². The van der Waals surface area contributed by atoms with Gasteiger partial charge in [-0.2, -0.15) is 14.3 Å². The van der Waals surface area contributed by atoms with Crippen LogP contribution in [0.3, 0.4) is 0 Å². The number of aliphatic hydroxyl groups excluding tert-OH is 3. The van der Waals surface area contributed by atoms with Crippen molar-refractivity contribution in [3.05, 3.63) is 12.7 Å². The Labute approximate surface area is 564 Å². The first-order valence-electron chi connectivity index (χ1n) is 33.9. The van der Waals surface area contributed by atoms with Crippen LogP contribution < -0.4 is 22.1 Å². The molecule has 2 saturated heterocycles. The van der Waals surface area contributed by atoms with Crippen molar-refractivity contribution < 1.29 is 105 Å². The molecule has 3 amide bonds. The first-order valence-corrected chi connectivity index (χ1v) is 37.0. The Hall–Kier alpha value is -4.50. The lowest BCUT2D eigenvalue weighted by atomic mass is 10.0. The molecule has 0 spiro atoms. The van der Waals surface area contributed by atoms with Crippen molar-refractivity contribution in [3.63, 3.8) is 0 Å². The lowest BCUT2D eigenvalue weighted by molar-refractivity contribution is -0.133. The van der Waals surface area contributed by atoms with Gasteiger partial charge in [0.15, 0.2) is 16.8 Å². The fraction of sp³-hybridized carbons (Fsp3) is 0.810. The SMILES string of the molecule is COC(C)(C)P(=O)(O)OC[C@H]1O[C@@H](n2cnc3c(N)ncnc32)C[C@@H]1O[P+](O)(O)OC[C@@H]1C[C@@H](O)CN1C(=O)CCCCCCC(=O)NC(COCCC(=O)CCCCN)(COCCC(=O)CCCCCC(=O)CCCCO)COCCC(=O)NCCCCC(=O)CCCCO. The maximum atomic E-state index is 13.9. The van der Waals surface area contributed by atoms with Crippen LogP contribution in [0, 0.1) is 0 Å². The number of nitrogens with one attached hydrogen (secondary N) is 2. The molecule has 2 fully saturated rings. The van der Waals surface area contributed by atoms with Crippen molar-refractivity contribution >= 4 is 73.6 Å². The number of ketones is 4. The first-order chi connectivity index (χ1) is 45.9. The Morgan fingerprint density at radius 1 is 0.688 bits per heavy atom. The summed E-state index contributed by atoms with van der Waals surface area (Å²) < 4.78 is 61.1. The molecule has 96 heavy (non-hydrogen) atoms. The number of nitrogens with two attached hydrogens (primary N) is 2. The molecule has 2 aromatic rings. The third kappa shape index (κ3) is 31.8. The summed E-state index contributed by atoms with van der Waals surface area (Å²) in [6, 6.07) is -0.776. The molecule has 7 atom stereocenters. The molecule has 2 unspecified atom stereocenters. The molecule has 0 bridgehead atoms. The molecular weight excluding hydrogens is 1300 g/mol. The number of hydrogen-bond acceptors (Lipinski definition) is 26. The van der Waals surface area contributed by atoms with Crippen LogP contribution in [0.5, 0.6) is 0 Å². The summed E-state index contributed by atoms with van der Waals surface area (Å²) in [6.45, 7) is 2.16. The van der Waals surface area contributed by atoms with Gasteiger partial charge in [-0.15, -0.1) is 4.52 Å². The number of fused-ring (bicyclic) bond motifs is 1. The lowest BCUT2D eigenvalue weighted by Gasteiger charge is -2.34. The molecule has 2 aliphatic rings. The number of rotatable bonds is 57. The largest absolute Gasteiger partial charge is 0.570 e. The molecule has 0 aliphatic carbocycles. The number of imidazole rings is 1. The Morgan fingerprint density at radius 3 is 1.80 bits per heavy atom. The highest BCUT2D eigenvalue weighted by molar-refractivity contribution is 7.54. The molecule has 2 aliphatic heterocycles. The van der Waals surface area contributed by atoms with Crippen molar-refractivity contribution in [2.75, 3.05) is 98.5 Å². The third-order valence-electron chi connectivity index (χ3n) is 16.8. The maximum absolute atomic E-state index is 13.9. The van der Waals surface area contributed by atoms with E-state index in [4.69, 9.17) is 58.9 Å². The van der Waals surface area contributed by atoms with Gasteiger partial charge in [-0.25, -0.2) is 15.0 Å². The van der Waals surface area contributed by atoms with Crippen LogP contribution in [0.15, 0.2) is 12.7 Å². The number of aliphatic hydroxyl groups is 3. The number of unbranched alkanes of at least 4 members (excludes halogenated alkanes) is 9. The van der Waals surface area contributed by atoms with Gasteiger partial charge in [-0.1, -0.05) is 19.3 Å². The minimum absolute atomic E-state index is 0.0129. The normalized spacial score (nSPS) is 18.8. The van der Waals surface area contributed by atoms with Crippen molar-refractivity contribution in [2.24, 2.45) is 5.73 Å². The molecule has 4 rings (SSSR count). The van der Waals surface area contributed by atoms with Crippen LogP contribution in [0.1, 0.15) is 200 Å².